The molecule has 0 aliphatic carbocycles. The van der Waals surface area contributed by atoms with Gasteiger partial charge in [-0.15, -0.1) is 0 Å². The van der Waals surface area contributed by atoms with E-state index in [-0.39, 0.29) is 54.3 Å². The quantitative estimate of drug-likeness (QED) is 0.720. The molecule has 0 bridgehead atoms. The van der Waals surface area contributed by atoms with Crippen LogP contribution in [-0.2, 0) is 0 Å². The molecule has 2 aromatic rings. The van der Waals surface area contributed by atoms with Gasteiger partial charge in [0.1, 0.15) is 0 Å². The molecule has 0 saturated heterocycles. The molecule has 0 amide bonds. The molecule has 0 N–H and O–H groups in total. The Balaban J connectivity index is 0.000000403. The summed E-state index contributed by atoms with van der Waals surface area (Å²) in [4.78, 5) is 20.6. The predicted octanol–water partition coefficient (Wildman–Crippen LogP) is 2.33. The van der Waals surface area contributed by atoms with Crippen LogP contribution in [0, 0.1) is 0 Å². The number of hydrogen-bond donors (Lipinski definition) is 0. The van der Waals surface area contributed by atoms with Crippen molar-refractivity contribution in [2.45, 2.75) is 0 Å². The van der Waals surface area contributed by atoms with Crippen molar-refractivity contribution in [3.63, 3.8) is 0 Å². The van der Waals surface area contributed by atoms with Crippen LogP contribution in [0.2, 0.25) is 20.1 Å². The van der Waals surface area contributed by atoms with Crippen molar-refractivity contribution in [2.24, 2.45) is 0 Å². The van der Waals surface area contributed by atoms with Crippen LogP contribution >= 0.6 is 46.4 Å². The number of carbonyl (C=O) groups is 2. The van der Waals surface area contributed by atoms with Gasteiger partial charge in [0.25, 0.3) is 0 Å². The number of rotatable bonds is 2. The second-order valence-electron chi connectivity index (χ2n) is 3.78. The Morgan fingerprint density at radius 2 is 1.00 bits per heavy atom. The molecule has 0 aliphatic rings. The minimum atomic E-state index is -1.32. The molecule has 0 fully saturated rings. The van der Waals surface area contributed by atoms with Crippen molar-refractivity contribution in [3.8, 4) is 0 Å². The van der Waals surface area contributed by atoms with E-state index in [0.717, 1.165) is 0 Å². The second-order valence-corrected chi connectivity index (χ2v) is 5.35. The summed E-state index contributed by atoms with van der Waals surface area (Å²) in [6.45, 7) is 0. The summed E-state index contributed by atoms with van der Waals surface area (Å²) in [6.07, 6.45) is 0. The van der Waals surface area contributed by atoms with E-state index >= 15 is 0 Å². The molecule has 2 rings (SSSR count). The Bertz CT molecular complexity index is 660. The molecule has 0 unspecified atom stereocenters. The van der Waals surface area contributed by atoms with Crippen LogP contribution in [0.5, 0.6) is 0 Å². The van der Waals surface area contributed by atoms with Crippen molar-refractivity contribution >= 4 is 81.4 Å². The summed E-state index contributed by atoms with van der Waals surface area (Å²) in [5, 5.41) is 21.1. The molecular weight excluding hydrogens is 398 g/mol. The zero-order valence-corrected chi connectivity index (χ0v) is 15.8. The van der Waals surface area contributed by atoms with Gasteiger partial charge < -0.3 is 19.8 Å². The molecule has 116 valence electrons. The van der Waals surface area contributed by atoms with E-state index in [1.807, 2.05) is 0 Å². The Kier molecular flexibility index (Phi) is 9.92. The molecule has 9 heteroatoms. The van der Waals surface area contributed by atoms with Crippen LogP contribution < -0.4 is 10.2 Å². The first-order valence-electron chi connectivity index (χ1n) is 5.56. The van der Waals surface area contributed by atoms with Gasteiger partial charge in [0.15, 0.2) is 0 Å². The van der Waals surface area contributed by atoms with Crippen LogP contribution in [-0.4, -0.2) is 35.0 Å². The zero-order valence-electron chi connectivity index (χ0n) is 11.3. The van der Waals surface area contributed by atoms with Gasteiger partial charge in [0.05, 0.1) is 32.0 Å². The van der Waals surface area contributed by atoms with Gasteiger partial charge in [-0.2, -0.15) is 0 Å². The van der Waals surface area contributed by atoms with Gasteiger partial charge in [0, 0.05) is 11.1 Å². The van der Waals surface area contributed by atoms with E-state index in [1.165, 1.54) is 36.4 Å². The van der Waals surface area contributed by atoms with Crippen LogP contribution in [0.4, 0.5) is 0 Å². The predicted molar refractivity (Wildman–Crippen MR) is 87.3 cm³/mol. The number of hydrogen-bond acceptors (Lipinski definition) is 4. The minimum absolute atomic E-state index is 0. The molecule has 0 spiro atoms. The third-order valence-electron chi connectivity index (χ3n) is 2.34. The van der Waals surface area contributed by atoms with Crippen LogP contribution in [0.1, 0.15) is 20.7 Å². The average Bonchev–Trinajstić information content (AvgIpc) is 2.45. The fourth-order valence-electron chi connectivity index (χ4n) is 1.32. The Hall–Kier alpha value is -0.694. The Morgan fingerprint density at radius 1 is 0.696 bits per heavy atom. The van der Waals surface area contributed by atoms with Crippen molar-refractivity contribution in [3.05, 3.63) is 67.6 Å². The van der Waals surface area contributed by atoms with Crippen LogP contribution in [0.25, 0.3) is 0 Å². The summed E-state index contributed by atoms with van der Waals surface area (Å²) in [5.74, 6) is -2.64. The smallest absolute Gasteiger partial charge is 0.545 e. The standard InChI is InChI=1S/2C7H4Cl2O2.Mg/c2*8-5-3-1-2-4(6(5)9)7(10)11;/h2*1-3H,(H,10,11);/q;;+2/p-2. The van der Waals surface area contributed by atoms with E-state index in [9.17, 15) is 19.8 Å². The van der Waals surface area contributed by atoms with E-state index in [0.29, 0.717) is 0 Å². The van der Waals surface area contributed by atoms with E-state index < -0.39 is 11.9 Å². The first kappa shape index (κ1) is 22.3. The van der Waals surface area contributed by atoms with E-state index in [2.05, 4.69) is 0 Å². The number of carboxylic acids is 2. The molecule has 23 heavy (non-hydrogen) atoms. The molecule has 0 aromatic heterocycles. The molecule has 4 nitrogen and oxygen atoms in total. The van der Waals surface area contributed by atoms with Crippen molar-refractivity contribution in [1.82, 2.24) is 0 Å². The topological polar surface area (TPSA) is 80.3 Å². The maximum Gasteiger partial charge on any atom is 2.00 e. The third-order valence-corrected chi connectivity index (χ3v) is 3.98. The number of carboxylic acid groups (broad SMARTS) is 2. The minimum Gasteiger partial charge on any atom is -0.545 e. The summed E-state index contributed by atoms with van der Waals surface area (Å²) < 4.78 is 0. The largest absolute Gasteiger partial charge is 2.00 e. The Morgan fingerprint density at radius 3 is 1.22 bits per heavy atom. The third kappa shape index (κ3) is 6.37. The number of halogens is 4. The average molecular weight is 404 g/mol. The second kappa shape index (κ2) is 10.2. The number of carbonyl (C=O) groups excluding carboxylic acids is 2. The van der Waals surface area contributed by atoms with Gasteiger partial charge in [-0.05, 0) is 12.1 Å². The summed E-state index contributed by atoms with van der Waals surface area (Å²) >= 11 is 22.1. The first-order valence-corrected chi connectivity index (χ1v) is 7.07. The monoisotopic (exact) mass is 402 g/mol. The molecule has 0 aliphatic heterocycles. The number of benzene rings is 2. The van der Waals surface area contributed by atoms with Gasteiger partial charge >= 0.3 is 23.1 Å². The van der Waals surface area contributed by atoms with Gasteiger partial charge in [-0.3, -0.25) is 0 Å². The maximum atomic E-state index is 10.3. The van der Waals surface area contributed by atoms with Crippen molar-refractivity contribution < 1.29 is 19.8 Å². The van der Waals surface area contributed by atoms with Gasteiger partial charge in [-0.1, -0.05) is 70.7 Å². The van der Waals surface area contributed by atoms with Gasteiger partial charge in [-0.25, -0.2) is 0 Å². The van der Waals surface area contributed by atoms with Crippen LogP contribution in [0.15, 0.2) is 36.4 Å². The van der Waals surface area contributed by atoms with Crippen molar-refractivity contribution in [1.29, 1.82) is 0 Å². The van der Waals surface area contributed by atoms with E-state index in [1.54, 1.807) is 0 Å². The normalized spacial score (nSPS) is 9.22. The maximum absolute atomic E-state index is 10.3. The SMILES string of the molecule is O=C([O-])c1cccc(Cl)c1Cl.O=C([O-])c1cccc(Cl)c1Cl.[Mg+2]. The van der Waals surface area contributed by atoms with Crippen LogP contribution in [0.3, 0.4) is 0 Å². The summed E-state index contributed by atoms with van der Waals surface area (Å²) in [5.41, 5.74) is -0.168. The first-order chi connectivity index (χ1) is 10.3. The fourth-order valence-corrected chi connectivity index (χ4v) is 2.08. The van der Waals surface area contributed by atoms with E-state index in [4.69, 9.17) is 46.4 Å². The van der Waals surface area contributed by atoms with Gasteiger partial charge in [0.2, 0.25) is 0 Å². The molecule has 0 heterocycles. The summed E-state index contributed by atoms with van der Waals surface area (Å²) in [7, 11) is 0. The molecule has 0 radical (unpaired) electrons. The molecule has 2 aromatic carbocycles. The fraction of sp³-hybridized carbons (Fsp3) is 0. The molecule has 0 atom stereocenters. The zero-order chi connectivity index (χ0) is 16.9. The molecular formula is C14H6Cl4MgO4. The van der Waals surface area contributed by atoms with Crippen molar-refractivity contribution in [2.75, 3.05) is 0 Å². The summed E-state index contributed by atoms with van der Waals surface area (Å²) in [6, 6.07) is 8.69. The number of aromatic carboxylic acids is 2. The molecule has 0 saturated carbocycles. The Labute approximate surface area is 168 Å².